The average Bonchev–Trinajstić information content (AvgIpc) is 2.49. The highest BCUT2D eigenvalue weighted by Crippen LogP contribution is 2.18. The van der Waals surface area contributed by atoms with Crippen LogP contribution in [-0.2, 0) is 4.79 Å². The van der Waals surface area contributed by atoms with Crippen LogP contribution in [0, 0.1) is 19.8 Å². The van der Waals surface area contributed by atoms with Gasteiger partial charge in [0.15, 0.2) is 6.61 Å². The molecule has 0 bridgehead atoms. The normalized spacial score (nSPS) is 16.0. The highest BCUT2D eigenvalue weighted by Gasteiger charge is 2.22. The van der Waals surface area contributed by atoms with Crippen LogP contribution in [0.5, 0.6) is 5.75 Å². The Morgan fingerprint density at radius 3 is 2.62 bits per heavy atom. The average molecular weight is 290 g/mol. The summed E-state index contributed by atoms with van der Waals surface area (Å²) in [7, 11) is 1.98. The number of hydrogen-bond acceptors (Lipinski definition) is 3. The topological polar surface area (TPSA) is 41.6 Å². The van der Waals surface area contributed by atoms with Crippen molar-refractivity contribution >= 4 is 5.91 Å². The highest BCUT2D eigenvalue weighted by molar-refractivity contribution is 5.77. The van der Waals surface area contributed by atoms with Crippen molar-refractivity contribution in [3.05, 3.63) is 29.3 Å². The third kappa shape index (κ3) is 4.46. The maximum Gasteiger partial charge on any atom is 0.260 e. The monoisotopic (exact) mass is 290 g/mol. The van der Waals surface area contributed by atoms with Crippen LogP contribution < -0.4 is 10.1 Å². The van der Waals surface area contributed by atoms with Crippen molar-refractivity contribution in [1.29, 1.82) is 0 Å². The third-order valence-electron chi connectivity index (χ3n) is 4.30. The molecule has 1 fully saturated rings. The molecule has 0 atom stereocenters. The van der Waals surface area contributed by atoms with Gasteiger partial charge in [0.2, 0.25) is 0 Å². The highest BCUT2D eigenvalue weighted by atomic mass is 16.5. The Morgan fingerprint density at radius 2 is 2.00 bits per heavy atom. The summed E-state index contributed by atoms with van der Waals surface area (Å²) in [5, 5.41) is 3.21. The van der Waals surface area contributed by atoms with Crippen molar-refractivity contribution in [3.63, 3.8) is 0 Å². The Labute approximate surface area is 127 Å². The minimum Gasteiger partial charge on any atom is -0.484 e. The van der Waals surface area contributed by atoms with Gasteiger partial charge in [-0.05, 0) is 69.5 Å². The SMILES string of the molecule is CNCC1CCN(C(=O)COc2ccc(C)c(C)c2)CC1. The van der Waals surface area contributed by atoms with Gasteiger partial charge >= 0.3 is 0 Å². The Balaban J connectivity index is 1.78. The molecule has 0 aliphatic carbocycles. The van der Waals surface area contributed by atoms with Gasteiger partial charge in [-0.15, -0.1) is 0 Å². The molecule has 1 saturated heterocycles. The van der Waals surface area contributed by atoms with E-state index in [0.29, 0.717) is 5.92 Å². The zero-order valence-electron chi connectivity index (χ0n) is 13.3. The van der Waals surface area contributed by atoms with E-state index in [9.17, 15) is 4.79 Å². The van der Waals surface area contributed by atoms with E-state index in [4.69, 9.17) is 4.74 Å². The summed E-state index contributed by atoms with van der Waals surface area (Å²) in [4.78, 5) is 14.1. The summed E-state index contributed by atoms with van der Waals surface area (Å²) in [5.74, 6) is 1.56. The van der Waals surface area contributed by atoms with Gasteiger partial charge in [0.05, 0.1) is 0 Å². The summed E-state index contributed by atoms with van der Waals surface area (Å²) in [6, 6.07) is 5.94. The van der Waals surface area contributed by atoms with Crippen LogP contribution in [0.3, 0.4) is 0 Å². The summed E-state index contributed by atoms with van der Waals surface area (Å²) in [6.45, 7) is 7.00. The molecule has 0 saturated carbocycles. The van der Waals surface area contributed by atoms with E-state index in [2.05, 4.69) is 19.2 Å². The fraction of sp³-hybridized carbons (Fsp3) is 0.588. The predicted octanol–water partition coefficient (Wildman–Crippen LogP) is 2.14. The van der Waals surface area contributed by atoms with Crippen molar-refractivity contribution in [1.82, 2.24) is 10.2 Å². The minimum atomic E-state index is 0.0936. The molecular weight excluding hydrogens is 264 g/mol. The van der Waals surface area contributed by atoms with E-state index >= 15 is 0 Å². The molecule has 0 unspecified atom stereocenters. The van der Waals surface area contributed by atoms with Crippen LogP contribution in [0.15, 0.2) is 18.2 Å². The molecule has 1 aromatic rings. The lowest BCUT2D eigenvalue weighted by molar-refractivity contribution is -0.134. The van der Waals surface area contributed by atoms with Crippen LogP contribution in [0.25, 0.3) is 0 Å². The summed E-state index contributed by atoms with van der Waals surface area (Å²) >= 11 is 0. The molecule has 2 rings (SSSR count). The molecule has 1 N–H and O–H groups in total. The summed E-state index contributed by atoms with van der Waals surface area (Å²) in [6.07, 6.45) is 2.16. The maximum atomic E-state index is 12.2. The Bertz CT molecular complexity index is 480. The largest absolute Gasteiger partial charge is 0.484 e. The fourth-order valence-electron chi connectivity index (χ4n) is 2.72. The number of amides is 1. The number of rotatable bonds is 5. The van der Waals surface area contributed by atoms with Crippen molar-refractivity contribution in [3.8, 4) is 5.75 Å². The first-order chi connectivity index (χ1) is 10.1. The second-order valence-corrected chi connectivity index (χ2v) is 5.92. The molecule has 1 aromatic carbocycles. The number of benzene rings is 1. The van der Waals surface area contributed by atoms with Gasteiger partial charge in [-0.1, -0.05) is 6.07 Å². The van der Waals surface area contributed by atoms with Gasteiger partial charge in [0, 0.05) is 13.1 Å². The first-order valence-electron chi connectivity index (χ1n) is 7.72. The smallest absolute Gasteiger partial charge is 0.260 e. The molecule has 4 nitrogen and oxygen atoms in total. The predicted molar refractivity (Wildman–Crippen MR) is 84.6 cm³/mol. The lowest BCUT2D eigenvalue weighted by Crippen LogP contribution is -2.42. The zero-order valence-corrected chi connectivity index (χ0v) is 13.3. The Kier molecular flexibility index (Phi) is 5.62. The van der Waals surface area contributed by atoms with Gasteiger partial charge in [0.25, 0.3) is 5.91 Å². The van der Waals surface area contributed by atoms with Crippen molar-refractivity contribution in [2.45, 2.75) is 26.7 Å². The van der Waals surface area contributed by atoms with Gasteiger partial charge in [0.1, 0.15) is 5.75 Å². The van der Waals surface area contributed by atoms with E-state index in [1.54, 1.807) is 0 Å². The van der Waals surface area contributed by atoms with Gasteiger partial charge in [-0.3, -0.25) is 4.79 Å². The number of nitrogens with zero attached hydrogens (tertiary/aromatic N) is 1. The van der Waals surface area contributed by atoms with E-state index in [1.165, 1.54) is 11.1 Å². The molecule has 21 heavy (non-hydrogen) atoms. The van der Waals surface area contributed by atoms with Crippen LogP contribution >= 0.6 is 0 Å². The molecule has 1 aliphatic heterocycles. The number of aryl methyl sites for hydroxylation is 2. The fourth-order valence-corrected chi connectivity index (χ4v) is 2.72. The van der Waals surface area contributed by atoms with Crippen molar-refractivity contribution < 1.29 is 9.53 Å². The van der Waals surface area contributed by atoms with E-state index in [1.807, 2.05) is 30.1 Å². The van der Waals surface area contributed by atoms with Crippen LogP contribution in [-0.4, -0.2) is 44.1 Å². The molecule has 1 amide bonds. The number of carbonyl (C=O) groups is 1. The Hall–Kier alpha value is -1.55. The zero-order chi connectivity index (χ0) is 15.2. The first-order valence-corrected chi connectivity index (χ1v) is 7.72. The van der Waals surface area contributed by atoms with E-state index in [-0.39, 0.29) is 12.5 Å². The van der Waals surface area contributed by atoms with E-state index < -0.39 is 0 Å². The second kappa shape index (κ2) is 7.46. The standard InChI is InChI=1S/C17H26N2O2/c1-13-4-5-16(10-14(13)2)21-12-17(20)19-8-6-15(7-9-19)11-18-3/h4-5,10,15,18H,6-9,11-12H2,1-3H3. The number of carbonyl (C=O) groups excluding carboxylic acids is 1. The molecule has 0 radical (unpaired) electrons. The van der Waals surface area contributed by atoms with E-state index in [0.717, 1.165) is 38.2 Å². The van der Waals surface area contributed by atoms with Crippen molar-refractivity contribution in [2.75, 3.05) is 33.3 Å². The molecule has 1 heterocycles. The van der Waals surface area contributed by atoms with Gasteiger partial charge in [-0.2, -0.15) is 0 Å². The van der Waals surface area contributed by atoms with Crippen molar-refractivity contribution in [2.24, 2.45) is 5.92 Å². The number of likely N-dealkylation sites (tertiary alicyclic amines) is 1. The lowest BCUT2D eigenvalue weighted by Gasteiger charge is -2.31. The number of hydrogen-bond donors (Lipinski definition) is 1. The van der Waals surface area contributed by atoms with Crippen LogP contribution in [0.4, 0.5) is 0 Å². The third-order valence-corrected chi connectivity index (χ3v) is 4.30. The van der Waals surface area contributed by atoms with Crippen LogP contribution in [0.2, 0.25) is 0 Å². The minimum absolute atomic E-state index is 0.0936. The quantitative estimate of drug-likeness (QED) is 0.903. The molecule has 0 spiro atoms. The molecule has 116 valence electrons. The molecule has 4 heteroatoms. The Morgan fingerprint density at radius 1 is 1.29 bits per heavy atom. The number of piperidine rings is 1. The van der Waals surface area contributed by atoms with Crippen LogP contribution in [0.1, 0.15) is 24.0 Å². The molecular formula is C17H26N2O2. The number of ether oxygens (including phenoxy) is 1. The first kappa shape index (κ1) is 15.8. The second-order valence-electron chi connectivity index (χ2n) is 5.92. The lowest BCUT2D eigenvalue weighted by atomic mass is 9.97. The molecule has 1 aliphatic rings. The van der Waals surface area contributed by atoms with Gasteiger partial charge in [-0.25, -0.2) is 0 Å². The maximum absolute atomic E-state index is 12.2. The summed E-state index contributed by atoms with van der Waals surface area (Å²) < 4.78 is 5.63. The van der Waals surface area contributed by atoms with Gasteiger partial charge < -0.3 is 15.0 Å². The number of nitrogens with one attached hydrogen (secondary N) is 1. The molecule has 0 aromatic heterocycles. The summed E-state index contributed by atoms with van der Waals surface area (Å²) in [5.41, 5.74) is 2.42.